The molecule has 7 heteroatoms. The van der Waals surface area contributed by atoms with E-state index in [2.05, 4.69) is 10.4 Å². The lowest BCUT2D eigenvalue weighted by Crippen LogP contribution is -2.46. The Morgan fingerprint density at radius 1 is 1.58 bits per heavy atom. The van der Waals surface area contributed by atoms with Gasteiger partial charge < -0.3 is 5.32 Å². The average molecular weight is 285 g/mol. The van der Waals surface area contributed by atoms with E-state index in [1.165, 1.54) is 0 Å². The quantitative estimate of drug-likeness (QED) is 0.803. The number of sulfone groups is 1. The van der Waals surface area contributed by atoms with Gasteiger partial charge in [-0.15, -0.1) is 0 Å². The van der Waals surface area contributed by atoms with Gasteiger partial charge in [-0.1, -0.05) is 0 Å². The molecular weight excluding hydrogens is 266 g/mol. The molecule has 1 aliphatic rings. The summed E-state index contributed by atoms with van der Waals surface area (Å²) in [5.74, 6) is 0.345. The molecule has 1 N–H and O–H groups in total. The summed E-state index contributed by atoms with van der Waals surface area (Å²) < 4.78 is 24.6. The SMILES string of the molecule is Cn1cc(CCC(=O)CC2CS(=O)(=O)CCN2)cn1. The minimum atomic E-state index is -2.97. The first-order valence-electron chi connectivity index (χ1n) is 6.38. The normalized spacial score (nSPS) is 22.3. The molecule has 0 spiro atoms. The van der Waals surface area contributed by atoms with Crippen LogP contribution in [0.1, 0.15) is 18.4 Å². The summed E-state index contributed by atoms with van der Waals surface area (Å²) in [4.78, 5) is 11.8. The molecule has 0 aliphatic carbocycles. The third-order valence-electron chi connectivity index (χ3n) is 3.23. The highest BCUT2D eigenvalue weighted by atomic mass is 32.2. The zero-order chi connectivity index (χ0) is 13.9. The fraction of sp³-hybridized carbons (Fsp3) is 0.667. The molecule has 1 aromatic heterocycles. The Balaban J connectivity index is 1.78. The van der Waals surface area contributed by atoms with Crippen molar-refractivity contribution in [2.45, 2.75) is 25.3 Å². The van der Waals surface area contributed by atoms with Crippen LogP contribution in [0, 0.1) is 0 Å². The number of ketones is 1. The molecule has 1 saturated heterocycles. The van der Waals surface area contributed by atoms with Crippen molar-refractivity contribution in [3.8, 4) is 0 Å². The Kier molecular flexibility index (Phi) is 4.36. The number of nitrogens with zero attached hydrogens (tertiary/aromatic N) is 2. The van der Waals surface area contributed by atoms with Gasteiger partial charge in [0.2, 0.25) is 0 Å². The van der Waals surface area contributed by atoms with Gasteiger partial charge in [0.25, 0.3) is 0 Å². The van der Waals surface area contributed by atoms with E-state index in [9.17, 15) is 13.2 Å². The first-order valence-corrected chi connectivity index (χ1v) is 8.20. The third kappa shape index (κ3) is 4.43. The Morgan fingerprint density at radius 2 is 2.37 bits per heavy atom. The number of carbonyl (C=O) groups excluding carboxylic acids is 1. The molecule has 1 unspecified atom stereocenters. The highest BCUT2D eigenvalue weighted by Gasteiger charge is 2.25. The lowest BCUT2D eigenvalue weighted by Gasteiger charge is -2.22. The van der Waals surface area contributed by atoms with E-state index in [1.807, 2.05) is 13.2 Å². The summed E-state index contributed by atoms with van der Waals surface area (Å²) in [7, 11) is -1.13. The lowest BCUT2D eigenvalue weighted by molar-refractivity contribution is -0.119. The first-order chi connectivity index (χ1) is 8.94. The topological polar surface area (TPSA) is 81.1 Å². The van der Waals surface area contributed by atoms with Gasteiger partial charge in [0, 0.05) is 38.7 Å². The molecule has 106 valence electrons. The van der Waals surface area contributed by atoms with Gasteiger partial charge in [-0.05, 0) is 12.0 Å². The van der Waals surface area contributed by atoms with Crippen LogP contribution in [0.25, 0.3) is 0 Å². The van der Waals surface area contributed by atoms with E-state index in [-0.39, 0.29) is 23.3 Å². The largest absolute Gasteiger partial charge is 0.312 e. The summed E-state index contributed by atoms with van der Waals surface area (Å²) in [6.45, 7) is 0.447. The Hall–Kier alpha value is -1.21. The standard InChI is InChI=1S/C12H19N3O3S/c1-15-8-10(7-14-15)2-3-12(16)6-11-9-19(17,18)5-4-13-11/h7-8,11,13H,2-6,9H2,1H3. The fourth-order valence-corrected chi connectivity index (χ4v) is 3.70. The molecule has 1 aliphatic heterocycles. The minimum absolute atomic E-state index is 0.0750. The molecule has 6 nitrogen and oxygen atoms in total. The van der Waals surface area contributed by atoms with Crippen LogP contribution in [0.4, 0.5) is 0 Å². The number of hydrogen-bond acceptors (Lipinski definition) is 5. The van der Waals surface area contributed by atoms with E-state index >= 15 is 0 Å². The molecule has 0 aromatic carbocycles. The van der Waals surface area contributed by atoms with E-state index < -0.39 is 9.84 Å². The van der Waals surface area contributed by atoms with Crippen LogP contribution in [-0.4, -0.2) is 48.1 Å². The van der Waals surface area contributed by atoms with Gasteiger partial charge in [0.1, 0.15) is 5.78 Å². The number of aryl methyl sites for hydroxylation is 2. The highest BCUT2D eigenvalue weighted by molar-refractivity contribution is 7.91. The number of carbonyl (C=O) groups is 1. The summed E-state index contributed by atoms with van der Waals surface area (Å²) in [5.41, 5.74) is 1.03. The Morgan fingerprint density at radius 3 is 3.00 bits per heavy atom. The van der Waals surface area contributed by atoms with Crippen molar-refractivity contribution in [1.82, 2.24) is 15.1 Å². The first kappa shape index (κ1) is 14.2. The van der Waals surface area contributed by atoms with Crippen LogP contribution in [0.15, 0.2) is 12.4 Å². The molecule has 19 heavy (non-hydrogen) atoms. The van der Waals surface area contributed by atoms with Crippen molar-refractivity contribution in [2.75, 3.05) is 18.1 Å². The predicted molar refractivity (Wildman–Crippen MR) is 71.6 cm³/mol. The second kappa shape index (κ2) is 5.83. The van der Waals surface area contributed by atoms with Crippen LogP contribution in [0.3, 0.4) is 0 Å². The molecule has 2 heterocycles. The van der Waals surface area contributed by atoms with Crippen LogP contribution < -0.4 is 5.32 Å². The van der Waals surface area contributed by atoms with Crippen LogP contribution in [0.2, 0.25) is 0 Å². The maximum absolute atomic E-state index is 11.8. The number of hydrogen-bond donors (Lipinski definition) is 1. The number of aromatic nitrogens is 2. The molecule has 1 atom stereocenters. The third-order valence-corrected chi connectivity index (χ3v) is 4.96. The van der Waals surface area contributed by atoms with Crippen LogP contribution in [-0.2, 0) is 28.1 Å². The van der Waals surface area contributed by atoms with Crippen molar-refractivity contribution < 1.29 is 13.2 Å². The minimum Gasteiger partial charge on any atom is -0.312 e. The Labute approximate surface area is 113 Å². The van der Waals surface area contributed by atoms with Crippen molar-refractivity contribution in [1.29, 1.82) is 0 Å². The van der Waals surface area contributed by atoms with E-state index in [1.54, 1.807) is 10.9 Å². The van der Waals surface area contributed by atoms with Crippen molar-refractivity contribution in [3.63, 3.8) is 0 Å². The number of rotatable bonds is 5. The van der Waals surface area contributed by atoms with Crippen LogP contribution in [0.5, 0.6) is 0 Å². The van der Waals surface area contributed by atoms with Gasteiger partial charge >= 0.3 is 0 Å². The lowest BCUT2D eigenvalue weighted by atomic mass is 10.1. The summed E-state index contributed by atoms with van der Waals surface area (Å²) >= 11 is 0. The number of nitrogens with one attached hydrogen (secondary N) is 1. The molecule has 0 amide bonds. The maximum Gasteiger partial charge on any atom is 0.153 e. The molecular formula is C12H19N3O3S. The van der Waals surface area contributed by atoms with E-state index in [4.69, 9.17) is 0 Å². The Bertz CT molecular complexity index is 550. The van der Waals surface area contributed by atoms with Crippen molar-refractivity contribution in [2.24, 2.45) is 7.05 Å². The van der Waals surface area contributed by atoms with E-state index in [0.29, 0.717) is 25.8 Å². The zero-order valence-electron chi connectivity index (χ0n) is 11.0. The summed E-state index contributed by atoms with van der Waals surface area (Å²) in [6.07, 6.45) is 5.02. The maximum atomic E-state index is 11.8. The van der Waals surface area contributed by atoms with Gasteiger partial charge in [0.05, 0.1) is 17.7 Å². The summed E-state index contributed by atoms with van der Waals surface area (Å²) in [5, 5.41) is 7.13. The smallest absolute Gasteiger partial charge is 0.153 e. The van der Waals surface area contributed by atoms with E-state index in [0.717, 1.165) is 5.56 Å². The molecule has 1 aromatic rings. The molecule has 2 rings (SSSR count). The molecule has 0 saturated carbocycles. The number of Topliss-reactive ketones (excluding diaryl/α,β-unsaturated/α-hetero) is 1. The van der Waals surface area contributed by atoms with Crippen LogP contribution >= 0.6 is 0 Å². The van der Waals surface area contributed by atoms with Gasteiger partial charge in [-0.25, -0.2) is 8.42 Å². The average Bonchev–Trinajstić information content (AvgIpc) is 2.71. The predicted octanol–water partition coefficient (Wildman–Crippen LogP) is -0.301. The molecule has 1 fully saturated rings. The summed E-state index contributed by atoms with van der Waals surface area (Å²) in [6, 6.07) is -0.222. The second-order valence-corrected chi connectivity index (χ2v) is 7.26. The van der Waals surface area contributed by atoms with Crippen molar-refractivity contribution >= 4 is 15.6 Å². The van der Waals surface area contributed by atoms with Gasteiger partial charge in [-0.3, -0.25) is 9.48 Å². The van der Waals surface area contributed by atoms with Gasteiger partial charge in [0.15, 0.2) is 9.84 Å². The zero-order valence-corrected chi connectivity index (χ0v) is 11.8. The van der Waals surface area contributed by atoms with Gasteiger partial charge in [-0.2, -0.15) is 5.10 Å². The highest BCUT2D eigenvalue weighted by Crippen LogP contribution is 2.09. The second-order valence-electron chi connectivity index (χ2n) is 5.03. The monoisotopic (exact) mass is 285 g/mol. The molecule has 0 bridgehead atoms. The molecule has 0 radical (unpaired) electrons. The van der Waals surface area contributed by atoms with Crippen molar-refractivity contribution in [3.05, 3.63) is 18.0 Å². The fourth-order valence-electron chi connectivity index (χ4n) is 2.26.